The highest BCUT2D eigenvalue weighted by molar-refractivity contribution is 6.36. The zero-order chi connectivity index (χ0) is 21.5. The van der Waals surface area contributed by atoms with Crippen LogP contribution in [0.1, 0.15) is 26.3 Å². The lowest BCUT2D eigenvalue weighted by atomic mass is 10.1. The molecule has 8 heteroatoms. The van der Waals surface area contributed by atoms with E-state index in [9.17, 15) is 14.4 Å². The SMILES string of the molecule is O=C(Cc1ccccc1)Nc1ccc(C(=O)NNC(=O)c2ccc(Cl)cc2Cl)cc1. The molecule has 30 heavy (non-hydrogen) atoms. The zero-order valence-electron chi connectivity index (χ0n) is 15.6. The van der Waals surface area contributed by atoms with Crippen molar-refractivity contribution in [1.82, 2.24) is 10.9 Å². The number of hydrogen-bond acceptors (Lipinski definition) is 3. The van der Waals surface area contributed by atoms with Crippen LogP contribution in [0.4, 0.5) is 5.69 Å². The maximum absolute atomic E-state index is 12.2. The molecule has 0 saturated carbocycles. The number of amides is 3. The van der Waals surface area contributed by atoms with Crippen LogP contribution in [0.3, 0.4) is 0 Å². The van der Waals surface area contributed by atoms with Crippen LogP contribution >= 0.6 is 23.2 Å². The minimum Gasteiger partial charge on any atom is -0.326 e. The first-order valence-corrected chi connectivity index (χ1v) is 9.67. The second-order valence-corrected chi connectivity index (χ2v) is 7.16. The standard InChI is InChI=1S/C22H17Cl2N3O3/c23-16-8-11-18(19(24)13-16)22(30)27-26-21(29)15-6-9-17(10-7-15)25-20(28)12-14-4-2-1-3-5-14/h1-11,13H,12H2,(H,25,28)(H,26,29)(H,27,30). The highest BCUT2D eigenvalue weighted by Crippen LogP contribution is 2.20. The van der Waals surface area contributed by atoms with E-state index < -0.39 is 11.8 Å². The molecule has 0 bridgehead atoms. The van der Waals surface area contributed by atoms with Crippen molar-refractivity contribution < 1.29 is 14.4 Å². The largest absolute Gasteiger partial charge is 0.326 e. The Morgan fingerprint density at radius 3 is 2.10 bits per heavy atom. The molecule has 0 spiro atoms. The Bertz CT molecular complexity index is 1070. The molecular weight excluding hydrogens is 425 g/mol. The van der Waals surface area contributed by atoms with Gasteiger partial charge in [-0.2, -0.15) is 0 Å². The monoisotopic (exact) mass is 441 g/mol. The van der Waals surface area contributed by atoms with E-state index in [-0.39, 0.29) is 22.9 Å². The maximum Gasteiger partial charge on any atom is 0.271 e. The summed E-state index contributed by atoms with van der Waals surface area (Å²) in [6, 6.07) is 20.1. The van der Waals surface area contributed by atoms with E-state index in [4.69, 9.17) is 23.2 Å². The van der Waals surface area contributed by atoms with Gasteiger partial charge in [-0.1, -0.05) is 53.5 Å². The zero-order valence-corrected chi connectivity index (χ0v) is 17.1. The first-order chi connectivity index (χ1) is 14.4. The summed E-state index contributed by atoms with van der Waals surface area (Å²) in [5, 5.41) is 3.34. The van der Waals surface area contributed by atoms with Gasteiger partial charge in [-0.05, 0) is 48.0 Å². The molecule has 0 fully saturated rings. The molecule has 152 valence electrons. The lowest BCUT2D eigenvalue weighted by molar-refractivity contribution is -0.115. The van der Waals surface area contributed by atoms with Gasteiger partial charge in [0.2, 0.25) is 5.91 Å². The summed E-state index contributed by atoms with van der Waals surface area (Å²) in [6.45, 7) is 0. The molecule has 0 aromatic heterocycles. The predicted octanol–water partition coefficient (Wildman–Crippen LogP) is 4.25. The predicted molar refractivity (Wildman–Crippen MR) is 117 cm³/mol. The molecule has 0 aliphatic rings. The average molecular weight is 442 g/mol. The average Bonchev–Trinajstić information content (AvgIpc) is 2.73. The Balaban J connectivity index is 1.53. The Morgan fingerprint density at radius 2 is 1.43 bits per heavy atom. The molecule has 0 radical (unpaired) electrons. The van der Waals surface area contributed by atoms with Crippen molar-refractivity contribution in [3.05, 3.63) is 99.5 Å². The van der Waals surface area contributed by atoms with Crippen LogP contribution in [0, 0.1) is 0 Å². The molecule has 0 saturated heterocycles. The number of hydrogen-bond donors (Lipinski definition) is 3. The molecule has 0 heterocycles. The first-order valence-electron chi connectivity index (χ1n) is 8.92. The van der Waals surface area contributed by atoms with Gasteiger partial charge < -0.3 is 5.32 Å². The Hall–Kier alpha value is -3.35. The molecule has 0 aliphatic heterocycles. The van der Waals surface area contributed by atoms with E-state index in [0.29, 0.717) is 16.3 Å². The van der Waals surface area contributed by atoms with Gasteiger partial charge in [0.15, 0.2) is 0 Å². The molecule has 3 aromatic carbocycles. The molecule has 3 rings (SSSR count). The van der Waals surface area contributed by atoms with Gasteiger partial charge in [0.1, 0.15) is 0 Å². The first kappa shape index (κ1) is 21.4. The summed E-state index contributed by atoms with van der Waals surface area (Å²) in [7, 11) is 0. The van der Waals surface area contributed by atoms with Crippen molar-refractivity contribution in [3.63, 3.8) is 0 Å². The fourth-order valence-corrected chi connectivity index (χ4v) is 3.11. The van der Waals surface area contributed by atoms with Crippen molar-refractivity contribution in [1.29, 1.82) is 0 Å². The number of carbonyl (C=O) groups is 3. The van der Waals surface area contributed by atoms with Gasteiger partial charge >= 0.3 is 0 Å². The second kappa shape index (κ2) is 9.91. The van der Waals surface area contributed by atoms with Gasteiger partial charge in [0, 0.05) is 16.3 Å². The van der Waals surface area contributed by atoms with Crippen LogP contribution in [-0.4, -0.2) is 17.7 Å². The molecule has 3 N–H and O–H groups in total. The normalized spacial score (nSPS) is 10.2. The third-order valence-corrected chi connectivity index (χ3v) is 4.65. The highest BCUT2D eigenvalue weighted by Gasteiger charge is 2.13. The van der Waals surface area contributed by atoms with Gasteiger partial charge in [-0.15, -0.1) is 0 Å². The van der Waals surface area contributed by atoms with Crippen LogP contribution < -0.4 is 16.2 Å². The van der Waals surface area contributed by atoms with Crippen molar-refractivity contribution in [2.45, 2.75) is 6.42 Å². The fraction of sp³-hybridized carbons (Fsp3) is 0.0455. The number of carbonyl (C=O) groups excluding carboxylic acids is 3. The summed E-state index contributed by atoms with van der Waals surface area (Å²) in [6.07, 6.45) is 0.252. The van der Waals surface area contributed by atoms with Crippen molar-refractivity contribution in [2.24, 2.45) is 0 Å². The van der Waals surface area contributed by atoms with Gasteiger partial charge in [0.05, 0.1) is 17.0 Å². The van der Waals surface area contributed by atoms with Crippen LogP contribution in [0.15, 0.2) is 72.8 Å². The molecule has 3 amide bonds. The number of nitrogens with one attached hydrogen (secondary N) is 3. The highest BCUT2D eigenvalue weighted by atomic mass is 35.5. The van der Waals surface area contributed by atoms with E-state index in [1.54, 1.807) is 12.1 Å². The van der Waals surface area contributed by atoms with Gasteiger partial charge in [-0.3, -0.25) is 25.2 Å². The smallest absolute Gasteiger partial charge is 0.271 e. The van der Waals surface area contributed by atoms with Crippen molar-refractivity contribution in [2.75, 3.05) is 5.32 Å². The van der Waals surface area contributed by atoms with Crippen LogP contribution in [0.25, 0.3) is 0 Å². The van der Waals surface area contributed by atoms with Crippen LogP contribution in [0.5, 0.6) is 0 Å². The van der Waals surface area contributed by atoms with E-state index in [1.807, 2.05) is 30.3 Å². The lowest BCUT2D eigenvalue weighted by Crippen LogP contribution is -2.41. The molecular formula is C22H17Cl2N3O3. The molecule has 6 nitrogen and oxygen atoms in total. The van der Waals surface area contributed by atoms with E-state index in [0.717, 1.165) is 5.56 Å². The van der Waals surface area contributed by atoms with Gasteiger partial charge in [-0.25, -0.2) is 0 Å². The molecule has 0 atom stereocenters. The summed E-state index contributed by atoms with van der Waals surface area (Å²) < 4.78 is 0. The fourth-order valence-electron chi connectivity index (χ4n) is 2.62. The topological polar surface area (TPSA) is 87.3 Å². The summed E-state index contributed by atoms with van der Waals surface area (Å²) in [5.41, 5.74) is 6.56. The number of benzene rings is 3. The number of anilines is 1. The quantitative estimate of drug-likeness (QED) is 0.517. The third kappa shape index (κ3) is 5.83. The minimum atomic E-state index is -0.574. The molecule has 3 aromatic rings. The van der Waals surface area contributed by atoms with Crippen molar-refractivity contribution >= 4 is 46.6 Å². The number of rotatable bonds is 5. The molecule has 0 aliphatic carbocycles. The summed E-state index contributed by atoms with van der Waals surface area (Å²) in [5.74, 6) is -1.25. The van der Waals surface area contributed by atoms with Crippen molar-refractivity contribution in [3.8, 4) is 0 Å². The number of halogens is 2. The van der Waals surface area contributed by atoms with Crippen LogP contribution in [-0.2, 0) is 11.2 Å². The van der Waals surface area contributed by atoms with E-state index >= 15 is 0 Å². The second-order valence-electron chi connectivity index (χ2n) is 6.32. The Kier molecular flexibility index (Phi) is 7.06. The molecule has 0 unspecified atom stereocenters. The lowest BCUT2D eigenvalue weighted by Gasteiger charge is -2.10. The van der Waals surface area contributed by atoms with E-state index in [2.05, 4.69) is 16.2 Å². The Morgan fingerprint density at radius 1 is 0.767 bits per heavy atom. The van der Waals surface area contributed by atoms with E-state index in [1.165, 1.54) is 30.3 Å². The number of hydrazine groups is 1. The summed E-state index contributed by atoms with van der Waals surface area (Å²) in [4.78, 5) is 36.5. The summed E-state index contributed by atoms with van der Waals surface area (Å²) >= 11 is 11.8. The Labute approximate surface area is 183 Å². The van der Waals surface area contributed by atoms with Crippen LogP contribution in [0.2, 0.25) is 10.0 Å². The minimum absolute atomic E-state index is 0.162. The maximum atomic E-state index is 12.2. The third-order valence-electron chi connectivity index (χ3n) is 4.10. The van der Waals surface area contributed by atoms with Gasteiger partial charge in [0.25, 0.3) is 11.8 Å².